The third-order valence-corrected chi connectivity index (χ3v) is 3.81. The van der Waals surface area contributed by atoms with E-state index in [0.717, 1.165) is 20.1 Å². The van der Waals surface area contributed by atoms with Crippen molar-refractivity contribution in [3.05, 3.63) is 59.7 Å². The van der Waals surface area contributed by atoms with Gasteiger partial charge >= 0.3 is 0 Å². The fourth-order valence-electron chi connectivity index (χ4n) is 2.29. The molecule has 2 rings (SSSR count). The molecule has 0 bridgehead atoms. The molecule has 0 atom stereocenters. The number of carbonyl (C=O) groups excluding carboxylic acids is 1. The standard InChI is InChI=1S/C19H26N2O/c1-20(2,3)17-11-7-15(8-12-17)19(22)16-9-13-18(14-10-16)21(4,5)6/h7-14H,1-6H3/q+2. The normalized spacial score (nSPS) is 12.3. The number of rotatable bonds is 4. The highest BCUT2D eigenvalue weighted by Gasteiger charge is 2.16. The summed E-state index contributed by atoms with van der Waals surface area (Å²) in [5.74, 6) is 0.0703. The Hall–Kier alpha value is -1.97. The lowest BCUT2D eigenvalue weighted by Crippen LogP contribution is -2.34. The maximum absolute atomic E-state index is 12.6. The molecule has 2 aromatic rings. The first kappa shape index (κ1) is 16.4. The average molecular weight is 298 g/mol. The zero-order valence-electron chi connectivity index (χ0n) is 14.4. The number of ketones is 1. The van der Waals surface area contributed by atoms with Gasteiger partial charge in [0.1, 0.15) is 11.4 Å². The minimum Gasteiger partial charge on any atom is -0.298 e. The lowest BCUT2D eigenvalue weighted by molar-refractivity contribution is 0.103. The van der Waals surface area contributed by atoms with Crippen molar-refractivity contribution in [2.45, 2.75) is 0 Å². The number of carbonyl (C=O) groups is 1. The zero-order valence-corrected chi connectivity index (χ0v) is 14.4. The van der Waals surface area contributed by atoms with Crippen molar-refractivity contribution < 1.29 is 4.79 Å². The molecule has 0 unspecified atom stereocenters. The van der Waals surface area contributed by atoms with Crippen molar-refractivity contribution in [3.63, 3.8) is 0 Å². The molecule has 0 N–H and O–H groups in total. The molecule has 0 amide bonds. The molecule has 0 aromatic heterocycles. The molecule has 116 valence electrons. The van der Waals surface area contributed by atoms with Crippen LogP contribution in [-0.4, -0.2) is 48.1 Å². The van der Waals surface area contributed by atoms with E-state index in [1.807, 2.05) is 48.5 Å². The highest BCUT2D eigenvalue weighted by atomic mass is 16.1. The van der Waals surface area contributed by atoms with E-state index in [2.05, 4.69) is 42.3 Å². The van der Waals surface area contributed by atoms with Crippen molar-refractivity contribution in [1.82, 2.24) is 8.97 Å². The minimum absolute atomic E-state index is 0.0703. The van der Waals surface area contributed by atoms with Gasteiger partial charge in [0.05, 0.1) is 42.3 Å². The largest absolute Gasteiger partial charge is 0.298 e. The Morgan fingerprint density at radius 2 is 0.864 bits per heavy atom. The second-order valence-corrected chi connectivity index (χ2v) is 7.45. The molecule has 0 aliphatic rings. The lowest BCUT2D eigenvalue weighted by Gasteiger charge is -2.23. The highest BCUT2D eigenvalue weighted by molar-refractivity contribution is 6.09. The highest BCUT2D eigenvalue weighted by Crippen LogP contribution is 2.21. The van der Waals surface area contributed by atoms with Crippen LogP contribution in [0.1, 0.15) is 15.9 Å². The molecule has 2 aromatic carbocycles. The minimum atomic E-state index is 0.0703. The molecule has 0 radical (unpaired) electrons. The van der Waals surface area contributed by atoms with Gasteiger partial charge in [-0.15, -0.1) is 0 Å². The number of benzene rings is 2. The Morgan fingerprint density at radius 1 is 0.591 bits per heavy atom. The quantitative estimate of drug-likeness (QED) is 0.625. The van der Waals surface area contributed by atoms with Crippen LogP contribution in [0.5, 0.6) is 0 Å². The topological polar surface area (TPSA) is 17.1 Å². The van der Waals surface area contributed by atoms with E-state index < -0.39 is 0 Å². The molecule has 0 spiro atoms. The molecule has 3 nitrogen and oxygen atoms in total. The van der Waals surface area contributed by atoms with Gasteiger partial charge in [0, 0.05) is 11.1 Å². The van der Waals surface area contributed by atoms with Crippen molar-refractivity contribution in [3.8, 4) is 0 Å². The van der Waals surface area contributed by atoms with Gasteiger partial charge in [-0.05, 0) is 48.5 Å². The maximum atomic E-state index is 12.6. The summed E-state index contributed by atoms with van der Waals surface area (Å²) < 4.78 is 1.49. The van der Waals surface area contributed by atoms with E-state index in [1.165, 1.54) is 11.4 Å². The van der Waals surface area contributed by atoms with Crippen LogP contribution in [0.4, 0.5) is 11.4 Å². The van der Waals surface area contributed by atoms with E-state index in [0.29, 0.717) is 0 Å². The summed E-state index contributed by atoms with van der Waals surface area (Å²) in [5, 5.41) is 0. The van der Waals surface area contributed by atoms with E-state index in [-0.39, 0.29) is 5.78 Å². The summed E-state index contributed by atoms with van der Waals surface area (Å²) in [6, 6.07) is 15.7. The third-order valence-electron chi connectivity index (χ3n) is 3.81. The van der Waals surface area contributed by atoms with Crippen LogP contribution in [0.15, 0.2) is 48.5 Å². The van der Waals surface area contributed by atoms with Crippen molar-refractivity contribution >= 4 is 17.2 Å². The van der Waals surface area contributed by atoms with Crippen molar-refractivity contribution in [2.24, 2.45) is 0 Å². The number of quaternary nitrogens is 2. The predicted octanol–water partition coefficient (Wildman–Crippen LogP) is 3.31. The van der Waals surface area contributed by atoms with Gasteiger partial charge in [-0.25, -0.2) is 0 Å². The monoisotopic (exact) mass is 298 g/mol. The van der Waals surface area contributed by atoms with Gasteiger partial charge in [-0.3, -0.25) is 13.8 Å². The van der Waals surface area contributed by atoms with Crippen molar-refractivity contribution in [1.29, 1.82) is 0 Å². The van der Waals surface area contributed by atoms with Crippen LogP contribution in [0.3, 0.4) is 0 Å². The van der Waals surface area contributed by atoms with Crippen LogP contribution >= 0.6 is 0 Å². The second kappa shape index (κ2) is 5.67. The van der Waals surface area contributed by atoms with E-state index in [9.17, 15) is 4.79 Å². The molecular formula is C19H26N2O+2. The summed E-state index contributed by atoms with van der Waals surface area (Å²) >= 11 is 0. The molecule has 0 aliphatic carbocycles. The predicted molar refractivity (Wildman–Crippen MR) is 95.4 cm³/mol. The maximum Gasteiger partial charge on any atom is 0.193 e. The van der Waals surface area contributed by atoms with E-state index in [4.69, 9.17) is 0 Å². The van der Waals surface area contributed by atoms with Gasteiger partial charge in [-0.2, -0.15) is 0 Å². The third kappa shape index (κ3) is 3.62. The SMILES string of the molecule is C[N+](C)(C)c1ccc(C(=O)c2ccc([N+](C)(C)C)cc2)cc1. The Bertz CT molecular complexity index is 597. The summed E-state index contributed by atoms with van der Waals surface area (Å²) in [5.41, 5.74) is 3.82. The lowest BCUT2D eigenvalue weighted by atomic mass is 10.0. The molecule has 0 aliphatic heterocycles. The van der Waals surface area contributed by atoms with Gasteiger partial charge in [0.2, 0.25) is 0 Å². The van der Waals surface area contributed by atoms with Crippen LogP contribution in [0, 0.1) is 0 Å². The Balaban J connectivity index is 2.25. The Kier molecular flexibility index (Phi) is 4.23. The van der Waals surface area contributed by atoms with Gasteiger partial charge in [-0.1, -0.05) is 0 Å². The number of nitrogens with zero attached hydrogens (tertiary/aromatic N) is 2. The Labute approximate surface area is 133 Å². The first-order valence-corrected chi connectivity index (χ1v) is 7.48. The van der Waals surface area contributed by atoms with Crippen LogP contribution in [0.2, 0.25) is 0 Å². The first-order valence-electron chi connectivity index (χ1n) is 7.48. The van der Waals surface area contributed by atoms with E-state index in [1.54, 1.807) is 0 Å². The summed E-state index contributed by atoms with van der Waals surface area (Å²) in [4.78, 5) is 12.6. The molecule has 0 fully saturated rings. The van der Waals surface area contributed by atoms with Crippen molar-refractivity contribution in [2.75, 3.05) is 42.3 Å². The zero-order chi connectivity index (χ0) is 16.5. The van der Waals surface area contributed by atoms with Gasteiger partial charge < -0.3 is 0 Å². The van der Waals surface area contributed by atoms with Crippen LogP contribution in [0.25, 0.3) is 0 Å². The molecule has 0 saturated heterocycles. The van der Waals surface area contributed by atoms with Crippen LogP contribution in [-0.2, 0) is 0 Å². The number of hydrogen-bond acceptors (Lipinski definition) is 1. The molecule has 22 heavy (non-hydrogen) atoms. The molecular weight excluding hydrogens is 272 g/mol. The van der Waals surface area contributed by atoms with Crippen LogP contribution < -0.4 is 8.97 Å². The first-order chi connectivity index (χ1) is 10.1. The van der Waals surface area contributed by atoms with Gasteiger partial charge in [0.15, 0.2) is 5.78 Å². The summed E-state index contributed by atoms with van der Waals surface area (Å²) in [7, 11) is 12.7. The molecule has 0 saturated carbocycles. The fourth-order valence-corrected chi connectivity index (χ4v) is 2.29. The molecule has 3 heteroatoms. The summed E-state index contributed by atoms with van der Waals surface area (Å²) in [6.07, 6.45) is 0. The molecule has 0 heterocycles. The second-order valence-electron chi connectivity index (χ2n) is 7.45. The Morgan fingerprint density at radius 3 is 1.09 bits per heavy atom. The smallest absolute Gasteiger partial charge is 0.193 e. The van der Waals surface area contributed by atoms with E-state index >= 15 is 0 Å². The fraction of sp³-hybridized carbons (Fsp3) is 0.316. The summed E-state index contributed by atoms with van der Waals surface area (Å²) in [6.45, 7) is 0. The van der Waals surface area contributed by atoms with Gasteiger partial charge in [0.25, 0.3) is 0 Å². The average Bonchev–Trinajstić information content (AvgIpc) is 2.45. The number of hydrogen-bond donors (Lipinski definition) is 0.